The highest BCUT2D eigenvalue weighted by molar-refractivity contribution is 5.76. The van der Waals surface area contributed by atoms with E-state index in [1.165, 1.54) is 69.5 Å². The highest BCUT2D eigenvalue weighted by atomic mass is 16.5. The first-order valence-corrected chi connectivity index (χ1v) is 15.8. The van der Waals surface area contributed by atoms with Crippen molar-refractivity contribution in [1.82, 2.24) is 9.80 Å². The topological polar surface area (TPSA) is 39.3 Å². The lowest BCUT2D eigenvalue weighted by molar-refractivity contribution is -0.136. The number of rotatable bonds is 9. The zero-order valence-corrected chi connectivity index (χ0v) is 25.9. The minimum absolute atomic E-state index is 0.0463. The monoisotopic (exact) mass is 540 g/mol. The summed E-state index contributed by atoms with van der Waals surface area (Å²) >= 11 is 0. The first kappa shape index (κ1) is 30.2. The number of benzene rings is 1. The van der Waals surface area contributed by atoms with Crippen molar-refractivity contribution < 1.29 is 9.53 Å². The van der Waals surface area contributed by atoms with Gasteiger partial charge in [0, 0.05) is 64.7 Å². The van der Waals surface area contributed by atoms with Crippen molar-refractivity contribution in [3.8, 4) is 0 Å². The van der Waals surface area contributed by atoms with E-state index in [2.05, 4.69) is 60.6 Å². The molecule has 1 aromatic carbocycles. The van der Waals surface area contributed by atoms with Gasteiger partial charge in [0.1, 0.15) is 6.61 Å². The first-order valence-electron chi connectivity index (χ1n) is 15.8. The number of piperazine rings is 1. The fraction of sp³-hybridized carbons (Fsp3) is 0.788. The third-order valence-electron chi connectivity index (χ3n) is 9.69. The SMILES string of the molecule is CCCCN1CCN(c2ccc(N3CCC(OCC(=O)N(C)C)CC3)cc2C2CCC(C(C)(C)C)CC2)CC1. The summed E-state index contributed by atoms with van der Waals surface area (Å²) in [5.41, 5.74) is 4.87. The van der Waals surface area contributed by atoms with Gasteiger partial charge in [-0.1, -0.05) is 34.1 Å². The Kier molecular flexibility index (Phi) is 10.6. The Hall–Kier alpha value is -1.79. The van der Waals surface area contributed by atoms with E-state index in [4.69, 9.17) is 4.74 Å². The lowest BCUT2D eigenvalue weighted by Crippen LogP contribution is -2.47. The van der Waals surface area contributed by atoms with Crippen LogP contribution in [0.5, 0.6) is 0 Å². The van der Waals surface area contributed by atoms with E-state index < -0.39 is 0 Å². The van der Waals surface area contributed by atoms with Crippen LogP contribution in [-0.2, 0) is 9.53 Å². The summed E-state index contributed by atoms with van der Waals surface area (Å²) in [6.45, 7) is 17.6. The van der Waals surface area contributed by atoms with Crippen LogP contribution in [0, 0.1) is 11.3 Å². The van der Waals surface area contributed by atoms with E-state index in [9.17, 15) is 4.79 Å². The van der Waals surface area contributed by atoms with Gasteiger partial charge in [0.05, 0.1) is 6.10 Å². The second-order valence-electron chi connectivity index (χ2n) is 13.6. The van der Waals surface area contributed by atoms with Crippen LogP contribution in [0.3, 0.4) is 0 Å². The quantitative estimate of drug-likeness (QED) is 0.384. The number of carbonyl (C=O) groups is 1. The van der Waals surface area contributed by atoms with Crippen LogP contribution in [0.2, 0.25) is 0 Å². The lowest BCUT2D eigenvalue weighted by atomic mass is 9.68. The number of unbranched alkanes of at least 4 members (excludes halogenated alkanes) is 1. The summed E-state index contributed by atoms with van der Waals surface area (Å²) in [5, 5.41) is 0. The van der Waals surface area contributed by atoms with E-state index in [1.54, 1.807) is 24.6 Å². The number of piperidine rings is 1. The van der Waals surface area contributed by atoms with Gasteiger partial charge in [-0.15, -0.1) is 0 Å². The Morgan fingerprint density at radius 3 is 2.18 bits per heavy atom. The van der Waals surface area contributed by atoms with Crippen LogP contribution < -0.4 is 9.80 Å². The molecular weight excluding hydrogens is 484 g/mol. The highest BCUT2D eigenvalue weighted by Crippen LogP contribution is 2.46. The maximum Gasteiger partial charge on any atom is 0.248 e. The van der Waals surface area contributed by atoms with Crippen LogP contribution in [0.4, 0.5) is 11.4 Å². The minimum atomic E-state index is 0.0463. The molecule has 0 unspecified atom stereocenters. The second kappa shape index (κ2) is 13.7. The zero-order chi connectivity index (χ0) is 28.0. The van der Waals surface area contributed by atoms with Crippen molar-refractivity contribution in [2.75, 3.05) is 76.3 Å². The third-order valence-corrected chi connectivity index (χ3v) is 9.69. The molecule has 2 heterocycles. The van der Waals surface area contributed by atoms with Gasteiger partial charge in [0.25, 0.3) is 0 Å². The molecule has 39 heavy (non-hydrogen) atoms. The maximum absolute atomic E-state index is 11.9. The molecule has 0 bridgehead atoms. The van der Waals surface area contributed by atoms with Crippen LogP contribution in [0.1, 0.15) is 90.5 Å². The molecule has 0 spiro atoms. The van der Waals surface area contributed by atoms with Gasteiger partial charge in [-0.25, -0.2) is 0 Å². The molecule has 2 saturated heterocycles. The maximum atomic E-state index is 11.9. The second-order valence-corrected chi connectivity index (χ2v) is 13.6. The molecule has 6 nitrogen and oxygen atoms in total. The van der Waals surface area contributed by atoms with Crippen molar-refractivity contribution in [2.24, 2.45) is 11.3 Å². The van der Waals surface area contributed by atoms with Gasteiger partial charge >= 0.3 is 0 Å². The molecule has 0 radical (unpaired) electrons. The van der Waals surface area contributed by atoms with Crippen molar-refractivity contribution in [3.63, 3.8) is 0 Å². The molecule has 2 aliphatic heterocycles. The van der Waals surface area contributed by atoms with Crippen molar-refractivity contribution in [2.45, 2.75) is 91.1 Å². The largest absolute Gasteiger partial charge is 0.371 e. The van der Waals surface area contributed by atoms with Crippen LogP contribution in [0.15, 0.2) is 18.2 Å². The standard InChI is InChI=1S/C33H56N4O2/c1-7-8-17-35-20-22-37(23-21-35)31-14-13-28(24-30(31)26-9-11-27(12-10-26)33(2,3)4)36-18-15-29(16-19-36)39-25-32(38)34(5)6/h13-14,24,26-27,29H,7-12,15-23,25H2,1-6H3. The average molecular weight is 541 g/mol. The molecule has 3 aliphatic rings. The number of nitrogens with zero attached hydrogens (tertiary/aromatic N) is 4. The fourth-order valence-corrected chi connectivity index (χ4v) is 6.82. The Morgan fingerprint density at radius 2 is 1.59 bits per heavy atom. The number of hydrogen-bond acceptors (Lipinski definition) is 5. The molecular formula is C33H56N4O2. The summed E-state index contributed by atoms with van der Waals surface area (Å²) in [7, 11) is 3.58. The normalized spacial score (nSPS) is 23.7. The summed E-state index contributed by atoms with van der Waals surface area (Å²) in [5.74, 6) is 1.54. The summed E-state index contributed by atoms with van der Waals surface area (Å²) < 4.78 is 5.95. The van der Waals surface area contributed by atoms with Gasteiger partial charge < -0.3 is 19.4 Å². The molecule has 3 fully saturated rings. The fourth-order valence-electron chi connectivity index (χ4n) is 6.82. The molecule has 0 aromatic heterocycles. The van der Waals surface area contributed by atoms with Crippen LogP contribution >= 0.6 is 0 Å². The first-order chi connectivity index (χ1) is 18.7. The molecule has 0 N–H and O–H groups in total. The van der Waals surface area contributed by atoms with Crippen LogP contribution in [0.25, 0.3) is 0 Å². The smallest absolute Gasteiger partial charge is 0.248 e. The number of ether oxygens (including phenoxy) is 1. The van der Waals surface area contributed by atoms with E-state index in [1.807, 2.05) is 0 Å². The molecule has 1 aromatic rings. The minimum Gasteiger partial charge on any atom is -0.371 e. The molecule has 1 amide bonds. The van der Waals surface area contributed by atoms with E-state index >= 15 is 0 Å². The van der Waals surface area contributed by atoms with Gasteiger partial charge in [-0.3, -0.25) is 9.69 Å². The van der Waals surface area contributed by atoms with Gasteiger partial charge in [-0.05, 0) is 92.5 Å². The lowest BCUT2D eigenvalue weighted by Gasteiger charge is -2.41. The number of likely N-dealkylation sites (N-methyl/N-ethyl adjacent to an activating group) is 1. The molecule has 1 aliphatic carbocycles. The van der Waals surface area contributed by atoms with Crippen molar-refractivity contribution in [1.29, 1.82) is 0 Å². The van der Waals surface area contributed by atoms with Crippen molar-refractivity contribution in [3.05, 3.63) is 23.8 Å². The Bertz CT molecular complexity index is 903. The number of amides is 1. The molecule has 220 valence electrons. The highest BCUT2D eigenvalue weighted by Gasteiger charge is 2.32. The zero-order valence-electron chi connectivity index (χ0n) is 25.9. The predicted octanol–water partition coefficient (Wildman–Crippen LogP) is 6.00. The predicted molar refractivity (Wildman–Crippen MR) is 164 cm³/mol. The number of carbonyl (C=O) groups excluding carboxylic acids is 1. The van der Waals surface area contributed by atoms with Gasteiger partial charge in [-0.2, -0.15) is 0 Å². The third kappa shape index (κ3) is 8.13. The Morgan fingerprint density at radius 1 is 0.923 bits per heavy atom. The molecule has 1 saturated carbocycles. The summed E-state index contributed by atoms with van der Waals surface area (Å²) in [4.78, 5) is 21.4. The molecule has 4 rings (SSSR count). The Balaban J connectivity index is 1.45. The van der Waals surface area contributed by atoms with E-state index in [-0.39, 0.29) is 18.6 Å². The average Bonchev–Trinajstić information content (AvgIpc) is 2.94. The van der Waals surface area contributed by atoms with Crippen LogP contribution in [-0.4, -0.2) is 88.3 Å². The number of anilines is 2. The van der Waals surface area contributed by atoms with Gasteiger partial charge in [0.15, 0.2) is 0 Å². The summed E-state index contributed by atoms with van der Waals surface area (Å²) in [6.07, 6.45) is 10.0. The van der Waals surface area contributed by atoms with E-state index in [0.717, 1.165) is 44.9 Å². The molecule has 0 atom stereocenters. The van der Waals surface area contributed by atoms with E-state index in [0.29, 0.717) is 11.3 Å². The molecule has 6 heteroatoms. The number of hydrogen-bond donors (Lipinski definition) is 0. The van der Waals surface area contributed by atoms with Crippen molar-refractivity contribution >= 4 is 17.3 Å². The Labute approximate surface area is 239 Å². The van der Waals surface area contributed by atoms with Gasteiger partial charge in [0.2, 0.25) is 5.91 Å². The summed E-state index contributed by atoms with van der Waals surface area (Å²) in [6, 6.07) is 7.37.